The number of anilines is 1. The van der Waals surface area contributed by atoms with Gasteiger partial charge in [0.05, 0.1) is 16.1 Å². The van der Waals surface area contributed by atoms with Crippen molar-refractivity contribution in [2.75, 3.05) is 37.7 Å². The summed E-state index contributed by atoms with van der Waals surface area (Å²) in [7, 11) is -3.71. The molecule has 0 spiro atoms. The van der Waals surface area contributed by atoms with Gasteiger partial charge in [0, 0.05) is 26.2 Å². The Kier molecular flexibility index (Phi) is 6.60. The van der Waals surface area contributed by atoms with Crippen LogP contribution in [0.5, 0.6) is 0 Å². The standard InChI is InChI=1S/C17H25N3O5S/c1-3-20(4-2)26(23,24)13-7-8-15(19-9-5-6-10-19)14(11-13)17(22)25-12-16(18)21/h7-8,11H,3-6,9-10,12H2,1-2H3,(H2,18,21). The van der Waals surface area contributed by atoms with Crippen LogP contribution in [0.1, 0.15) is 37.0 Å². The molecule has 1 aliphatic heterocycles. The average Bonchev–Trinajstić information content (AvgIpc) is 3.14. The Morgan fingerprint density at radius 3 is 2.35 bits per heavy atom. The number of hydrogen-bond donors (Lipinski definition) is 1. The Bertz CT molecular complexity index is 769. The van der Waals surface area contributed by atoms with E-state index in [4.69, 9.17) is 10.5 Å². The van der Waals surface area contributed by atoms with E-state index >= 15 is 0 Å². The lowest BCUT2D eigenvalue weighted by molar-refractivity contribution is -0.121. The van der Waals surface area contributed by atoms with Crippen molar-refractivity contribution >= 4 is 27.6 Å². The van der Waals surface area contributed by atoms with Gasteiger partial charge in [-0.25, -0.2) is 13.2 Å². The van der Waals surface area contributed by atoms with Crippen LogP contribution in [0.4, 0.5) is 5.69 Å². The molecule has 0 saturated carbocycles. The molecule has 0 atom stereocenters. The molecule has 26 heavy (non-hydrogen) atoms. The van der Waals surface area contributed by atoms with Gasteiger partial charge in [-0.05, 0) is 31.0 Å². The molecule has 1 aromatic carbocycles. The van der Waals surface area contributed by atoms with Crippen LogP contribution in [0, 0.1) is 0 Å². The smallest absolute Gasteiger partial charge is 0.340 e. The molecular weight excluding hydrogens is 358 g/mol. The predicted molar refractivity (Wildman–Crippen MR) is 97.5 cm³/mol. The van der Waals surface area contributed by atoms with Crippen LogP contribution < -0.4 is 10.6 Å². The third-order valence-electron chi connectivity index (χ3n) is 4.32. The fraction of sp³-hybridized carbons (Fsp3) is 0.529. The summed E-state index contributed by atoms with van der Waals surface area (Å²) in [6, 6.07) is 4.46. The summed E-state index contributed by atoms with van der Waals surface area (Å²) in [5.41, 5.74) is 5.76. The molecular formula is C17H25N3O5S. The van der Waals surface area contributed by atoms with Crippen LogP contribution in [0.2, 0.25) is 0 Å². The number of carbonyl (C=O) groups is 2. The van der Waals surface area contributed by atoms with E-state index < -0.39 is 28.5 Å². The first-order chi connectivity index (χ1) is 12.3. The number of carbonyl (C=O) groups excluding carboxylic acids is 2. The maximum atomic E-state index is 12.8. The first-order valence-electron chi connectivity index (χ1n) is 8.65. The minimum absolute atomic E-state index is 0.0233. The van der Waals surface area contributed by atoms with Gasteiger partial charge in [0.2, 0.25) is 10.0 Å². The fourth-order valence-electron chi connectivity index (χ4n) is 3.00. The van der Waals surface area contributed by atoms with Gasteiger partial charge in [0.15, 0.2) is 6.61 Å². The van der Waals surface area contributed by atoms with Gasteiger partial charge in [-0.2, -0.15) is 4.31 Å². The number of primary amides is 1. The molecule has 1 fully saturated rings. The first kappa shape index (κ1) is 20.2. The molecule has 1 aliphatic rings. The van der Waals surface area contributed by atoms with Crippen LogP contribution in [-0.4, -0.2) is 57.4 Å². The Morgan fingerprint density at radius 1 is 1.19 bits per heavy atom. The molecule has 2 rings (SSSR count). The van der Waals surface area contributed by atoms with Crippen molar-refractivity contribution < 1.29 is 22.7 Å². The van der Waals surface area contributed by atoms with Gasteiger partial charge in [0.25, 0.3) is 5.91 Å². The Morgan fingerprint density at radius 2 is 1.81 bits per heavy atom. The highest BCUT2D eigenvalue weighted by Gasteiger charge is 2.27. The van der Waals surface area contributed by atoms with E-state index in [9.17, 15) is 18.0 Å². The number of hydrogen-bond acceptors (Lipinski definition) is 6. The number of esters is 1. The Labute approximate surface area is 153 Å². The molecule has 0 aromatic heterocycles. The van der Waals surface area contributed by atoms with E-state index in [1.807, 2.05) is 4.90 Å². The summed E-state index contributed by atoms with van der Waals surface area (Å²) in [4.78, 5) is 25.4. The number of sulfonamides is 1. The van der Waals surface area contributed by atoms with E-state index in [0.29, 0.717) is 18.8 Å². The predicted octanol–water partition coefficient (Wildman–Crippen LogP) is 0.959. The molecule has 0 aliphatic carbocycles. The molecule has 144 valence electrons. The normalized spacial score (nSPS) is 14.7. The lowest BCUT2D eigenvalue weighted by Gasteiger charge is -2.23. The van der Waals surface area contributed by atoms with Crippen molar-refractivity contribution in [3.8, 4) is 0 Å². The molecule has 1 amide bonds. The lowest BCUT2D eigenvalue weighted by Crippen LogP contribution is -2.31. The van der Waals surface area contributed by atoms with Crippen LogP contribution in [-0.2, 0) is 19.6 Å². The molecule has 8 nitrogen and oxygen atoms in total. The van der Waals surface area contributed by atoms with Gasteiger partial charge < -0.3 is 15.4 Å². The van der Waals surface area contributed by atoms with Crippen molar-refractivity contribution in [1.82, 2.24) is 4.31 Å². The van der Waals surface area contributed by atoms with Crippen molar-refractivity contribution in [2.45, 2.75) is 31.6 Å². The molecule has 0 unspecified atom stereocenters. The van der Waals surface area contributed by atoms with Gasteiger partial charge in [-0.15, -0.1) is 0 Å². The molecule has 0 bridgehead atoms. The van der Waals surface area contributed by atoms with E-state index in [1.165, 1.54) is 16.4 Å². The number of benzene rings is 1. The van der Waals surface area contributed by atoms with E-state index in [1.54, 1.807) is 19.9 Å². The average molecular weight is 383 g/mol. The van der Waals surface area contributed by atoms with Crippen LogP contribution >= 0.6 is 0 Å². The molecule has 1 aromatic rings. The summed E-state index contributed by atoms with van der Waals surface area (Å²) in [5.74, 6) is -1.53. The third-order valence-corrected chi connectivity index (χ3v) is 6.37. The highest BCUT2D eigenvalue weighted by Crippen LogP contribution is 2.29. The number of rotatable bonds is 8. The SMILES string of the molecule is CCN(CC)S(=O)(=O)c1ccc(N2CCCC2)c(C(=O)OCC(N)=O)c1. The van der Waals surface area contributed by atoms with Crippen LogP contribution in [0.25, 0.3) is 0 Å². The molecule has 0 radical (unpaired) electrons. The summed E-state index contributed by atoms with van der Waals surface area (Å²) in [5, 5.41) is 0. The highest BCUT2D eigenvalue weighted by atomic mass is 32.2. The van der Waals surface area contributed by atoms with Crippen molar-refractivity contribution in [3.63, 3.8) is 0 Å². The fourth-order valence-corrected chi connectivity index (χ4v) is 4.48. The van der Waals surface area contributed by atoms with Gasteiger partial charge in [-0.1, -0.05) is 13.8 Å². The minimum Gasteiger partial charge on any atom is -0.452 e. The minimum atomic E-state index is -3.71. The van der Waals surface area contributed by atoms with Gasteiger partial charge >= 0.3 is 5.97 Å². The maximum absolute atomic E-state index is 12.8. The number of ether oxygens (including phenoxy) is 1. The van der Waals surface area contributed by atoms with Gasteiger partial charge in [0.1, 0.15) is 0 Å². The summed E-state index contributed by atoms with van der Waals surface area (Å²) >= 11 is 0. The first-order valence-corrected chi connectivity index (χ1v) is 10.1. The quantitative estimate of drug-likeness (QED) is 0.670. The second-order valence-corrected chi connectivity index (χ2v) is 7.94. The van der Waals surface area contributed by atoms with Crippen molar-refractivity contribution in [1.29, 1.82) is 0 Å². The van der Waals surface area contributed by atoms with Crippen molar-refractivity contribution in [3.05, 3.63) is 23.8 Å². The van der Waals surface area contributed by atoms with E-state index in [-0.39, 0.29) is 10.5 Å². The van der Waals surface area contributed by atoms with Crippen LogP contribution in [0.15, 0.2) is 23.1 Å². The highest BCUT2D eigenvalue weighted by molar-refractivity contribution is 7.89. The molecule has 1 saturated heterocycles. The summed E-state index contributed by atoms with van der Waals surface area (Å²) < 4.78 is 31.7. The molecule has 2 N–H and O–H groups in total. The summed E-state index contributed by atoms with van der Waals surface area (Å²) in [6.45, 7) is 5.16. The maximum Gasteiger partial charge on any atom is 0.340 e. The van der Waals surface area contributed by atoms with Gasteiger partial charge in [-0.3, -0.25) is 4.79 Å². The Balaban J connectivity index is 2.46. The topological polar surface area (TPSA) is 110 Å². The second kappa shape index (κ2) is 8.50. The lowest BCUT2D eigenvalue weighted by atomic mass is 10.1. The van der Waals surface area contributed by atoms with E-state index in [2.05, 4.69) is 0 Å². The zero-order valence-electron chi connectivity index (χ0n) is 15.1. The van der Waals surface area contributed by atoms with E-state index in [0.717, 1.165) is 25.9 Å². The monoisotopic (exact) mass is 383 g/mol. The zero-order valence-corrected chi connectivity index (χ0v) is 15.9. The summed E-state index contributed by atoms with van der Waals surface area (Å²) in [6.07, 6.45) is 1.99. The number of nitrogens with zero attached hydrogens (tertiary/aromatic N) is 2. The third kappa shape index (κ3) is 4.34. The number of nitrogens with two attached hydrogens (primary N) is 1. The number of amides is 1. The van der Waals surface area contributed by atoms with Crippen LogP contribution in [0.3, 0.4) is 0 Å². The molecule has 1 heterocycles. The second-order valence-electron chi connectivity index (χ2n) is 6.00. The zero-order chi connectivity index (χ0) is 19.3. The molecule has 9 heteroatoms. The van der Waals surface area contributed by atoms with Crippen molar-refractivity contribution in [2.24, 2.45) is 5.73 Å². The Hall–Kier alpha value is -2.13. The largest absolute Gasteiger partial charge is 0.452 e.